The van der Waals surface area contributed by atoms with Crippen molar-refractivity contribution < 1.29 is 17.2 Å². The zero-order valence-electron chi connectivity index (χ0n) is 11.2. The topological polar surface area (TPSA) is 72.2 Å². The van der Waals surface area contributed by atoms with Crippen molar-refractivity contribution in [3.63, 3.8) is 0 Å². The third-order valence-corrected chi connectivity index (χ3v) is 5.49. The SMILES string of the molecule is CCc1ccc(CNS(=O)(=O)c2cc(N)c(F)cc2F)s1. The average molecular weight is 332 g/mol. The second kappa shape index (κ2) is 6.08. The van der Waals surface area contributed by atoms with Gasteiger partial charge >= 0.3 is 0 Å². The van der Waals surface area contributed by atoms with Crippen LogP contribution >= 0.6 is 11.3 Å². The molecule has 2 aromatic rings. The second-order valence-corrected chi connectivity index (χ2v) is 7.34. The van der Waals surface area contributed by atoms with Gasteiger partial charge in [0.25, 0.3) is 0 Å². The summed E-state index contributed by atoms with van der Waals surface area (Å²) in [7, 11) is -4.09. The fourth-order valence-corrected chi connectivity index (χ4v) is 3.79. The summed E-state index contributed by atoms with van der Waals surface area (Å²) in [6, 6.07) is 4.95. The average Bonchev–Trinajstić information content (AvgIpc) is 2.88. The van der Waals surface area contributed by atoms with Gasteiger partial charge in [0.1, 0.15) is 16.5 Å². The van der Waals surface area contributed by atoms with Gasteiger partial charge in [0.2, 0.25) is 10.0 Å². The summed E-state index contributed by atoms with van der Waals surface area (Å²) < 4.78 is 53.0. The first-order chi connectivity index (χ1) is 9.83. The first-order valence-electron chi connectivity index (χ1n) is 6.15. The van der Waals surface area contributed by atoms with Crippen LogP contribution in [-0.2, 0) is 23.0 Å². The van der Waals surface area contributed by atoms with Crippen LogP contribution in [0.25, 0.3) is 0 Å². The summed E-state index contributed by atoms with van der Waals surface area (Å²) in [6.07, 6.45) is 0.862. The summed E-state index contributed by atoms with van der Waals surface area (Å²) in [5.41, 5.74) is 4.87. The molecule has 0 aliphatic heterocycles. The summed E-state index contributed by atoms with van der Waals surface area (Å²) in [5, 5.41) is 0. The number of rotatable bonds is 5. The molecular weight excluding hydrogens is 318 g/mol. The Morgan fingerprint density at radius 1 is 1.19 bits per heavy atom. The molecule has 21 heavy (non-hydrogen) atoms. The van der Waals surface area contributed by atoms with Gasteiger partial charge in [-0.3, -0.25) is 0 Å². The number of sulfonamides is 1. The molecular formula is C13H14F2N2O2S2. The number of hydrogen-bond donors (Lipinski definition) is 2. The fraction of sp³-hybridized carbons (Fsp3) is 0.231. The van der Waals surface area contributed by atoms with E-state index in [1.54, 1.807) is 6.07 Å². The maximum atomic E-state index is 13.6. The lowest BCUT2D eigenvalue weighted by Crippen LogP contribution is -2.24. The van der Waals surface area contributed by atoms with E-state index in [2.05, 4.69) is 4.72 Å². The quantitative estimate of drug-likeness (QED) is 0.827. The Hall–Kier alpha value is -1.51. The molecule has 0 saturated heterocycles. The third-order valence-electron chi connectivity index (χ3n) is 2.84. The normalized spacial score (nSPS) is 11.8. The van der Waals surface area contributed by atoms with Crippen LogP contribution in [0.1, 0.15) is 16.7 Å². The lowest BCUT2D eigenvalue weighted by atomic mass is 10.3. The molecule has 2 rings (SSSR count). The predicted octanol–water partition coefficient (Wildman–Crippen LogP) is 2.65. The van der Waals surface area contributed by atoms with Crippen LogP contribution in [-0.4, -0.2) is 8.42 Å². The fourth-order valence-electron chi connectivity index (χ4n) is 1.70. The highest BCUT2D eigenvalue weighted by Crippen LogP contribution is 2.22. The molecule has 8 heteroatoms. The van der Waals surface area contributed by atoms with Crippen LogP contribution in [0.2, 0.25) is 0 Å². The molecule has 1 aromatic heterocycles. The highest BCUT2D eigenvalue weighted by Gasteiger charge is 2.21. The van der Waals surface area contributed by atoms with Crippen LogP contribution in [0.5, 0.6) is 0 Å². The number of benzene rings is 1. The number of halogens is 2. The van der Waals surface area contributed by atoms with Crippen LogP contribution in [0.4, 0.5) is 14.5 Å². The molecule has 0 aliphatic rings. The van der Waals surface area contributed by atoms with E-state index >= 15 is 0 Å². The Bertz CT molecular complexity index is 758. The Balaban J connectivity index is 2.20. The molecule has 114 valence electrons. The van der Waals surface area contributed by atoms with Crippen LogP contribution in [0.15, 0.2) is 29.2 Å². The van der Waals surface area contributed by atoms with Gasteiger partial charge in [-0.05, 0) is 24.6 Å². The lowest BCUT2D eigenvalue weighted by molar-refractivity contribution is 0.544. The van der Waals surface area contributed by atoms with Crippen LogP contribution in [0, 0.1) is 11.6 Å². The lowest BCUT2D eigenvalue weighted by Gasteiger charge is -2.08. The first-order valence-corrected chi connectivity index (χ1v) is 8.45. The van der Waals surface area contributed by atoms with Crippen LogP contribution in [0.3, 0.4) is 0 Å². The molecule has 0 spiro atoms. The van der Waals surface area contributed by atoms with Crippen molar-refractivity contribution >= 4 is 27.0 Å². The molecule has 0 fully saturated rings. The van der Waals surface area contributed by atoms with Gasteiger partial charge in [0, 0.05) is 22.4 Å². The van der Waals surface area contributed by atoms with Crippen molar-refractivity contribution in [1.29, 1.82) is 0 Å². The van der Waals surface area contributed by atoms with E-state index in [4.69, 9.17) is 5.73 Å². The van der Waals surface area contributed by atoms with Crippen molar-refractivity contribution in [3.8, 4) is 0 Å². The molecule has 0 bridgehead atoms. The minimum absolute atomic E-state index is 0.0454. The van der Waals surface area contributed by atoms with E-state index in [0.29, 0.717) is 6.07 Å². The minimum Gasteiger partial charge on any atom is -0.396 e. The summed E-state index contributed by atoms with van der Waals surface area (Å²) in [4.78, 5) is 1.28. The van der Waals surface area contributed by atoms with Crippen molar-refractivity contribution in [2.45, 2.75) is 24.8 Å². The Morgan fingerprint density at radius 3 is 2.48 bits per heavy atom. The van der Waals surface area contributed by atoms with E-state index in [-0.39, 0.29) is 6.54 Å². The van der Waals surface area contributed by atoms with Gasteiger partial charge in [-0.1, -0.05) is 6.92 Å². The van der Waals surface area contributed by atoms with Gasteiger partial charge in [-0.15, -0.1) is 11.3 Å². The Morgan fingerprint density at radius 2 is 1.86 bits per heavy atom. The smallest absolute Gasteiger partial charge is 0.243 e. The summed E-state index contributed by atoms with van der Waals surface area (Å²) >= 11 is 1.47. The van der Waals surface area contributed by atoms with Gasteiger partial charge in [0.15, 0.2) is 0 Å². The molecule has 0 saturated carbocycles. The second-order valence-electron chi connectivity index (χ2n) is 4.35. The van der Waals surface area contributed by atoms with Crippen molar-refractivity contribution in [2.75, 3.05) is 5.73 Å². The summed E-state index contributed by atoms with van der Waals surface area (Å²) in [5.74, 6) is -2.16. The third kappa shape index (κ3) is 3.58. The monoisotopic (exact) mass is 332 g/mol. The van der Waals surface area contributed by atoms with Gasteiger partial charge < -0.3 is 5.73 Å². The van der Waals surface area contributed by atoms with E-state index in [1.807, 2.05) is 13.0 Å². The number of aryl methyl sites for hydroxylation is 1. The van der Waals surface area contributed by atoms with Gasteiger partial charge in [-0.2, -0.15) is 0 Å². The van der Waals surface area contributed by atoms with E-state index in [0.717, 1.165) is 22.2 Å². The first kappa shape index (κ1) is 15.9. The van der Waals surface area contributed by atoms with Crippen molar-refractivity contribution in [2.24, 2.45) is 0 Å². The predicted molar refractivity (Wildman–Crippen MR) is 78.5 cm³/mol. The maximum Gasteiger partial charge on any atom is 0.243 e. The molecule has 1 heterocycles. The van der Waals surface area contributed by atoms with Crippen molar-refractivity contribution in [1.82, 2.24) is 4.72 Å². The zero-order valence-corrected chi connectivity index (χ0v) is 12.8. The Kier molecular flexibility index (Phi) is 4.60. The molecule has 0 unspecified atom stereocenters. The van der Waals surface area contributed by atoms with Crippen LogP contribution < -0.4 is 10.5 Å². The van der Waals surface area contributed by atoms with Gasteiger partial charge in [0.05, 0.1) is 5.69 Å². The van der Waals surface area contributed by atoms with E-state index in [9.17, 15) is 17.2 Å². The number of nitrogen functional groups attached to an aromatic ring is 1. The summed E-state index contributed by atoms with van der Waals surface area (Å²) in [6.45, 7) is 2.04. The number of thiophene rings is 1. The highest BCUT2D eigenvalue weighted by atomic mass is 32.2. The van der Waals surface area contributed by atoms with Crippen molar-refractivity contribution in [3.05, 3.63) is 45.7 Å². The molecule has 0 aliphatic carbocycles. The number of anilines is 1. The molecule has 0 radical (unpaired) electrons. The largest absolute Gasteiger partial charge is 0.396 e. The number of nitrogens with two attached hydrogens (primary N) is 1. The van der Waals surface area contributed by atoms with E-state index in [1.165, 1.54) is 11.3 Å². The highest BCUT2D eigenvalue weighted by molar-refractivity contribution is 7.89. The number of nitrogens with one attached hydrogen (secondary N) is 1. The maximum absolute atomic E-state index is 13.6. The van der Waals surface area contributed by atoms with Gasteiger partial charge in [-0.25, -0.2) is 21.9 Å². The molecule has 4 nitrogen and oxygen atoms in total. The molecule has 1 aromatic carbocycles. The van der Waals surface area contributed by atoms with E-state index < -0.39 is 32.2 Å². The standard InChI is InChI=1S/C13H14F2N2O2S2/c1-2-8-3-4-9(20-8)7-17-21(18,19)13-6-12(16)10(14)5-11(13)15/h3-6,17H,2,7,16H2,1H3. The minimum atomic E-state index is -4.09. The zero-order chi connectivity index (χ0) is 15.6. The molecule has 0 atom stereocenters. The molecule has 0 amide bonds. The molecule has 3 N–H and O–H groups in total. The Labute approximate surface area is 125 Å². The number of hydrogen-bond acceptors (Lipinski definition) is 4.